The summed E-state index contributed by atoms with van der Waals surface area (Å²) in [6, 6.07) is 3.75. The van der Waals surface area contributed by atoms with Crippen molar-refractivity contribution in [1.82, 2.24) is 4.90 Å². The Morgan fingerprint density at radius 2 is 1.58 bits per heavy atom. The van der Waals surface area contributed by atoms with E-state index in [1.165, 1.54) is 0 Å². The molecule has 4 rings (SSSR count). The Morgan fingerprint density at radius 3 is 2.14 bits per heavy atom. The predicted molar refractivity (Wildman–Crippen MR) is 135 cm³/mol. The minimum absolute atomic E-state index is 0.0789. The molecule has 2 atom stereocenters. The molecule has 3 fully saturated rings. The van der Waals surface area contributed by atoms with Crippen molar-refractivity contribution >= 4 is 11.9 Å². The smallest absolute Gasteiger partial charge is 0.329 e. The van der Waals surface area contributed by atoms with Crippen LogP contribution in [0.3, 0.4) is 0 Å². The number of aliphatic carboxylic acids is 1. The number of likely N-dealkylation sites (tertiary alicyclic amines) is 1. The van der Waals surface area contributed by atoms with Crippen molar-refractivity contribution in [3.8, 4) is 17.2 Å². The molecule has 0 radical (unpaired) electrons. The Labute approximate surface area is 214 Å². The summed E-state index contributed by atoms with van der Waals surface area (Å²) in [6.45, 7) is 1.55. The molecule has 200 valence electrons. The normalized spacial score (nSPS) is 24.7. The molecule has 2 unspecified atom stereocenters. The second-order valence-corrected chi connectivity index (χ2v) is 10.4. The lowest BCUT2D eigenvalue weighted by molar-refractivity contribution is -0.172. The van der Waals surface area contributed by atoms with Crippen LogP contribution < -0.4 is 14.2 Å². The van der Waals surface area contributed by atoms with E-state index in [-0.39, 0.29) is 17.7 Å². The average molecular weight is 504 g/mol. The highest BCUT2D eigenvalue weighted by Gasteiger charge is 2.55. The van der Waals surface area contributed by atoms with Gasteiger partial charge in [0.25, 0.3) is 0 Å². The lowest BCUT2D eigenvalue weighted by Crippen LogP contribution is -2.65. The maximum atomic E-state index is 14.6. The van der Waals surface area contributed by atoms with E-state index < -0.39 is 17.4 Å². The second-order valence-electron chi connectivity index (χ2n) is 10.4. The molecule has 8 heteroatoms. The lowest BCUT2D eigenvalue weighted by atomic mass is 9.70. The summed E-state index contributed by atoms with van der Waals surface area (Å²) in [6.07, 6.45) is 8.64. The molecule has 3 aliphatic rings. The Bertz CT molecular complexity index is 897. The second kappa shape index (κ2) is 11.7. The van der Waals surface area contributed by atoms with Gasteiger partial charge in [0.05, 0.1) is 27.2 Å². The molecule has 36 heavy (non-hydrogen) atoms. The summed E-state index contributed by atoms with van der Waals surface area (Å²) in [5.74, 6) is 0.104. The standard InChI is InChI=1S/C28H41NO7/c1-33-22-17-20(18-23(34-2)25(22)35-3)24(19-9-5-4-6-10-19)26(30)29-14-8-7-13-28(29,27(31)32)21-11-15-36-16-12-21/h17-19,21,24H,4-16H2,1-3H3,(H,31,32). The zero-order chi connectivity index (χ0) is 25.7. The molecule has 1 aliphatic carbocycles. The van der Waals surface area contributed by atoms with Gasteiger partial charge in [-0.1, -0.05) is 19.3 Å². The first-order valence-corrected chi connectivity index (χ1v) is 13.4. The van der Waals surface area contributed by atoms with Crippen molar-refractivity contribution in [2.24, 2.45) is 11.8 Å². The quantitative estimate of drug-likeness (QED) is 0.552. The van der Waals surface area contributed by atoms with Gasteiger partial charge in [-0.15, -0.1) is 0 Å². The van der Waals surface area contributed by atoms with Crippen molar-refractivity contribution < 1.29 is 33.6 Å². The average Bonchev–Trinajstić information content (AvgIpc) is 2.93. The Morgan fingerprint density at radius 1 is 0.944 bits per heavy atom. The molecule has 8 nitrogen and oxygen atoms in total. The van der Waals surface area contributed by atoms with Gasteiger partial charge in [0.15, 0.2) is 11.5 Å². The van der Waals surface area contributed by atoms with Crippen LogP contribution in [0.1, 0.15) is 75.7 Å². The predicted octanol–water partition coefficient (Wildman–Crippen LogP) is 4.64. The van der Waals surface area contributed by atoms with Gasteiger partial charge in [-0.05, 0) is 74.5 Å². The number of carbonyl (C=O) groups is 2. The molecule has 1 saturated carbocycles. The lowest BCUT2D eigenvalue weighted by Gasteiger charge is -2.51. The zero-order valence-corrected chi connectivity index (χ0v) is 21.9. The van der Waals surface area contributed by atoms with Gasteiger partial charge in [-0.25, -0.2) is 4.79 Å². The third-order valence-corrected chi connectivity index (χ3v) is 8.64. The van der Waals surface area contributed by atoms with Crippen LogP contribution in [0.15, 0.2) is 12.1 Å². The third kappa shape index (κ3) is 4.89. The molecule has 0 bridgehead atoms. The Kier molecular flexibility index (Phi) is 8.65. The van der Waals surface area contributed by atoms with E-state index in [1.807, 2.05) is 12.1 Å². The van der Waals surface area contributed by atoms with Gasteiger partial charge >= 0.3 is 5.97 Å². The first-order valence-electron chi connectivity index (χ1n) is 13.4. The minimum Gasteiger partial charge on any atom is -0.493 e. The maximum absolute atomic E-state index is 14.6. The van der Waals surface area contributed by atoms with Crippen LogP contribution in [0.4, 0.5) is 0 Å². The number of methoxy groups -OCH3 is 3. The first kappa shape index (κ1) is 26.6. The minimum atomic E-state index is -1.19. The third-order valence-electron chi connectivity index (χ3n) is 8.64. The fraction of sp³-hybridized carbons (Fsp3) is 0.714. The van der Waals surface area contributed by atoms with E-state index in [0.29, 0.717) is 56.3 Å². The van der Waals surface area contributed by atoms with Crippen molar-refractivity contribution in [2.45, 2.75) is 75.7 Å². The highest BCUT2D eigenvalue weighted by molar-refractivity contribution is 5.91. The summed E-state index contributed by atoms with van der Waals surface area (Å²) in [4.78, 5) is 29.4. The van der Waals surface area contributed by atoms with Gasteiger partial charge in [-0.3, -0.25) is 4.79 Å². The molecule has 2 saturated heterocycles. The molecule has 1 aromatic rings. The van der Waals surface area contributed by atoms with Crippen LogP contribution in [0, 0.1) is 11.8 Å². The molecular weight excluding hydrogens is 462 g/mol. The molecular formula is C28H41NO7. The van der Waals surface area contributed by atoms with Crippen LogP contribution in [0.2, 0.25) is 0 Å². The van der Waals surface area contributed by atoms with Gasteiger partial charge in [0, 0.05) is 19.8 Å². The van der Waals surface area contributed by atoms with Crippen molar-refractivity contribution in [3.05, 3.63) is 17.7 Å². The number of carboxylic acid groups (broad SMARTS) is 1. The Balaban J connectivity index is 1.80. The number of rotatable bonds is 8. The van der Waals surface area contributed by atoms with Crippen LogP contribution in [0.25, 0.3) is 0 Å². The molecule has 2 heterocycles. The van der Waals surface area contributed by atoms with Gasteiger partial charge in [-0.2, -0.15) is 0 Å². The molecule has 2 aliphatic heterocycles. The van der Waals surface area contributed by atoms with Crippen LogP contribution in [-0.2, 0) is 14.3 Å². The number of nitrogens with zero attached hydrogens (tertiary/aromatic N) is 1. The van der Waals surface area contributed by atoms with Crippen LogP contribution in [-0.4, -0.2) is 68.5 Å². The van der Waals surface area contributed by atoms with E-state index in [1.54, 1.807) is 26.2 Å². The van der Waals surface area contributed by atoms with E-state index >= 15 is 0 Å². The van der Waals surface area contributed by atoms with E-state index in [9.17, 15) is 14.7 Å². The highest BCUT2D eigenvalue weighted by atomic mass is 16.5. The highest BCUT2D eigenvalue weighted by Crippen LogP contribution is 2.47. The monoisotopic (exact) mass is 503 g/mol. The van der Waals surface area contributed by atoms with Gasteiger partial charge < -0.3 is 29.0 Å². The van der Waals surface area contributed by atoms with E-state index in [2.05, 4.69) is 0 Å². The number of carbonyl (C=O) groups excluding carboxylic acids is 1. The number of piperidine rings is 1. The summed E-state index contributed by atoms with van der Waals surface area (Å²) < 4.78 is 22.3. The summed E-state index contributed by atoms with van der Waals surface area (Å²) in [5.41, 5.74) is -0.384. The summed E-state index contributed by atoms with van der Waals surface area (Å²) >= 11 is 0. The van der Waals surface area contributed by atoms with Gasteiger partial charge in [0.2, 0.25) is 11.7 Å². The van der Waals surface area contributed by atoms with Crippen LogP contribution in [0.5, 0.6) is 17.2 Å². The van der Waals surface area contributed by atoms with Crippen LogP contribution >= 0.6 is 0 Å². The topological polar surface area (TPSA) is 94.5 Å². The first-order chi connectivity index (χ1) is 17.5. The fourth-order valence-electron chi connectivity index (χ4n) is 6.84. The fourth-order valence-corrected chi connectivity index (χ4v) is 6.84. The summed E-state index contributed by atoms with van der Waals surface area (Å²) in [5, 5.41) is 10.7. The largest absolute Gasteiger partial charge is 0.493 e. The molecule has 0 aromatic heterocycles. The van der Waals surface area contributed by atoms with E-state index in [0.717, 1.165) is 50.5 Å². The summed E-state index contributed by atoms with van der Waals surface area (Å²) in [7, 11) is 4.71. The van der Waals surface area contributed by atoms with Crippen molar-refractivity contribution in [1.29, 1.82) is 0 Å². The maximum Gasteiger partial charge on any atom is 0.329 e. The zero-order valence-electron chi connectivity index (χ0n) is 21.9. The molecule has 0 spiro atoms. The van der Waals surface area contributed by atoms with Crippen molar-refractivity contribution in [2.75, 3.05) is 41.1 Å². The van der Waals surface area contributed by atoms with E-state index in [4.69, 9.17) is 18.9 Å². The Hall–Kier alpha value is -2.48. The van der Waals surface area contributed by atoms with Gasteiger partial charge in [0.1, 0.15) is 5.54 Å². The number of hydrogen-bond donors (Lipinski definition) is 1. The molecule has 1 aromatic carbocycles. The SMILES string of the molecule is COc1cc(C(C(=O)N2CCCCC2(C(=O)O)C2CCOCC2)C2CCCCC2)cc(OC)c1OC. The number of amides is 1. The van der Waals surface area contributed by atoms with Crippen molar-refractivity contribution in [3.63, 3.8) is 0 Å². The number of benzene rings is 1. The number of carboxylic acids is 1. The number of ether oxygens (including phenoxy) is 4. The molecule has 1 amide bonds. The number of hydrogen-bond acceptors (Lipinski definition) is 6. The molecule has 1 N–H and O–H groups in total.